The maximum Gasteiger partial charge on any atom is 0.125 e. The zero-order valence-corrected chi connectivity index (χ0v) is 11.7. The van der Waals surface area contributed by atoms with Crippen molar-refractivity contribution in [2.24, 2.45) is 12.8 Å². The first-order chi connectivity index (χ1) is 8.74. The molecule has 96 valence electrons. The van der Waals surface area contributed by atoms with E-state index in [2.05, 4.69) is 27.9 Å². The van der Waals surface area contributed by atoms with Crippen LogP contribution in [0.1, 0.15) is 18.3 Å². The fourth-order valence-electron chi connectivity index (χ4n) is 2.02. The van der Waals surface area contributed by atoms with Crippen molar-refractivity contribution >= 4 is 11.8 Å². The van der Waals surface area contributed by atoms with Gasteiger partial charge in [-0.1, -0.05) is 30.3 Å². The number of hydrogen-bond acceptors (Lipinski definition) is 3. The third-order valence-corrected chi connectivity index (χ3v) is 3.70. The number of hydrogen-bond donors (Lipinski definition) is 1. The molecule has 0 spiro atoms. The van der Waals surface area contributed by atoms with Crippen LogP contribution in [0.25, 0.3) is 11.3 Å². The molecule has 2 N–H and O–H groups in total. The predicted octanol–water partition coefficient (Wildman–Crippen LogP) is 2.84. The number of nitrogens with two attached hydrogens (primary N) is 1. The van der Waals surface area contributed by atoms with Crippen LogP contribution in [0.5, 0.6) is 0 Å². The highest BCUT2D eigenvalue weighted by Crippen LogP contribution is 2.23. The van der Waals surface area contributed by atoms with Gasteiger partial charge in [0.25, 0.3) is 0 Å². The van der Waals surface area contributed by atoms with Crippen LogP contribution in [-0.2, 0) is 7.05 Å². The first-order valence-corrected chi connectivity index (χ1v) is 7.45. The third-order valence-electron chi connectivity index (χ3n) is 3.06. The molecule has 0 fully saturated rings. The monoisotopic (exact) mass is 261 g/mol. The van der Waals surface area contributed by atoms with Gasteiger partial charge in [0.05, 0.1) is 17.9 Å². The summed E-state index contributed by atoms with van der Waals surface area (Å²) < 4.78 is 2.10. The van der Waals surface area contributed by atoms with E-state index in [1.165, 1.54) is 5.56 Å². The van der Waals surface area contributed by atoms with Gasteiger partial charge in [0.15, 0.2) is 0 Å². The molecule has 0 unspecified atom stereocenters. The number of nitrogens with zero attached hydrogens (tertiary/aromatic N) is 2. The van der Waals surface area contributed by atoms with E-state index in [1.807, 2.05) is 43.2 Å². The Bertz CT molecular complexity index is 493. The molecule has 0 saturated carbocycles. The van der Waals surface area contributed by atoms with E-state index in [0.29, 0.717) is 0 Å². The Morgan fingerprint density at radius 2 is 2.06 bits per heavy atom. The fraction of sp³-hybridized carbons (Fsp3) is 0.357. The summed E-state index contributed by atoms with van der Waals surface area (Å²) in [7, 11) is 2.03. The lowest BCUT2D eigenvalue weighted by atomic mass is 10.2. The average molecular weight is 261 g/mol. The summed E-state index contributed by atoms with van der Waals surface area (Å²) in [5.41, 5.74) is 8.47. The van der Waals surface area contributed by atoms with Crippen LogP contribution in [0.2, 0.25) is 0 Å². The lowest BCUT2D eigenvalue weighted by Crippen LogP contribution is -2.16. The van der Waals surface area contributed by atoms with Gasteiger partial charge in [-0.15, -0.1) is 0 Å². The molecular weight excluding hydrogens is 242 g/mol. The summed E-state index contributed by atoms with van der Waals surface area (Å²) in [6, 6.07) is 10.3. The van der Waals surface area contributed by atoms with E-state index in [4.69, 9.17) is 5.73 Å². The molecule has 1 aromatic heterocycles. The highest BCUT2D eigenvalue weighted by Gasteiger charge is 2.14. The van der Waals surface area contributed by atoms with Crippen molar-refractivity contribution in [1.82, 2.24) is 9.55 Å². The summed E-state index contributed by atoms with van der Waals surface area (Å²) in [5.74, 6) is 2.03. The highest BCUT2D eigenvalue weighted by atomic mass is 32.2. The molecule has 18 heavy (non-hydrogen) atoms. The van der Waals surface area contributed by atoms with E-state index in [-0.39, 0.29) is 6.04 Å². The molecular formula is C14H19N3S. The Balaban J connectivity index is 2.24. The van der Waals surface area contributed by atoms with E-state index in [1.54, 1.807) is 0 Å². The molecule has 0 aliphatic heterocycles. The first kappa shape index (κ1) is 13.2. The van der Waals surface area contributed by atoms with Gasteiger partial charge in [-0.05, 0) is 24.0 Å². The predicted molar refractivity (Wildman–Crippen MR) is 78.6 cm³/mol. The molecule has 1 aromatic carbocycles. The largest absolute Gasteiger partial charge is 0.330 e. The first-order valence-electron chi connectivity index (χ1n) is 6.05. The van der Waals surface area contributed by atoms with E-state index in [9.17, 15) is 0 Å². The summed E-state index contributed by atoms with van der Waals surface area (Å²) in [6.07, 6.45) is 4.96. The molecule has 0 aliphatic rings. The molecule has 3 nitrogen and oxygen atoms in total. The molecule has 0 bridgehead atoms. The van der Waals surface area contributed by atoms with Crippen molar-refractivity contribution in [2.75, 3.05) is 12.0 Å². The summed E-state index contributed by atoms with van der Waals surface area (Å²) >= 11 is 1.82. The number of benzene rings is 1. The Kier molecular flexibility index (Phi) is 4.44. The summed E-state index contributed by atoms with van der Waals surface area (Å²) in [4.78, 5) is 4.47. The van der Waals surface area contributed by atoms with Gasteiger partial charge in [-0.25, -0.2) is 4.98 Å². The minimum Gasteiger partial charge on any atom is -0.330 e. The van der Waals surface area contributed by atoms with Crippen LogP contribution in [-0.4, -0.2) is 21.6 Å². The molecule has 0 amide bonds. The van der Waals surface area contributed by atoms with E-state index in [0.717, 1.165) is 23.7 Å². The maximum atomic E-state index is 6.18. The number of aromatic nitrogens is 2. The van der Waals surface area contributed by atoms with Gasteiger partial charge < -0.3 is 10.3 Å². The normalized spacial score (nSPS) is 12.6. The van der Waals surface area contributed by atoms with Crippen molar-refractivity contribution in [3.8, 4) is 11.3 Å². The number of thioether (sulfide) groups is 1. The molecule has 0 aliphatic carbocycles. The van der Waals surface area contributed by atoms with Crippen LogP contribution in [0, 0.1) is 0 Å². The molecule has 2 rings (SSSR count). The van der Waals surface area contributed by atoms with Crippen LogP contribution in [0.4, 0.5) is 0 Å². The third kappa shape index (κ3) is 2.76. The smallest absolute Gasteiger partial charge is 0.125 e. The van der Waals surface area contributed by atoms with Crippen LogP contribution >= 0.6 is 11.8 Å². The van der Waals surface area contributed by atoms with Crippen LogP contribution in [0.15, 0.2) is 36.5 Å². The van der Waals surface area contributed by atoms with Gasteiger partial charge >= 0.3 is 0 Å². The summed E-state index contributed by atoms with van der Waals surface area (Å²) in [5, 5.41) is 0. The molecule has 1 atom stereocenters. The molecule has 1 heterocycles. The second-order valence-corrected chi connectivity index (χ2v) is 5.30. The van der Waals surface area contributed by atoms with Crippen LogP contribution in [0.3, 0.4) is 0 Å². The van der Waals surface area contributed by atoms with Crippen molar-refractivity contribution in [3.05, 3.63) is 42.4 Å². The molecule has 0 radical (unpaired) electrons. The maximum absolute atomic E-state index is 6.18. The van der Waals surface area contributed by atoms with E-state index >= 15 is 0 Å². The van der Waals surface area contributed by atoms with Crippen molar-refractivity contribution in [3.63, 3.8) is 0 Å². The van der Waals surface area contributed by atoms with Crippen LogP contribution < -0.4 is 5.73 Å². The Labute approximate surface area is 112 Å². The van der Waals surface area contributed by atoms with Crippen molar-refractivity contribution in [1.29, 1.82) is 0 Å². The Morgan fingerprint density at radius 1 is 1.33 bits per heavy atom. The van der Waals surface area contributed by atoms with Gasteiger partial charge in [-0.3, -0.25) is 0 Å². The zero-order chi connectivity index (χ0) is 13.0. The molecule has 2 aromatic rings. The number of imidazole rings is 1. The van der Waals surface area contributed by atoms with Crippen molar-refractivity contribution < 1.29 is 0 Å². The standard InChI is InChI=1S/C14H19N3S/c1-17-13(11-6-4-3-5-7-11)10-16-14(17)12(15)8-9-18-2/h3-7,10,12H,8-9,15H2,1-2H3/t12-/m0/s1. The second kappa shape index (κ2) is 6.07. The minimum atomic E-state index is 0.0138. The lowest BCUT2D eigenvalue weighted by Gasteiger charge is -2.12. The van der Waals surface area contributed by atoms with Gasteiger partial charge in [0, 0.05) is 7.05 Å². The second-order valence-electron chi connectivity index (χ2n) is 4.31. The highest BCUT2D eigenvalue weighted by molar-refractivity contribution is 7.98. The Hall–Kier alpha value is -1.26. The van der Waals surface area contributed by atoms with E-state index < -0.39 is 0 Å². The average Bonchev–Trinajstić information content (AvgIpc) is 2.79. The molecule has 0 saturated heterocycles. The zero-order valence-electron chi connectivity index (χ0n) is 10.8. The van der Waals surface area contributed by atoms with Gasteiger partial charge in [0.2, 0.25) is 0 Å². The topological polar surface area (TPSA) is 43.8 Å². The Morgan fingerprint density at radius 3 is 2.72 bits per heavy atom. The van der Waals surface area contributed by atoms with Gasteiger partial charge in [0.1, 0.15) is 5.82 Å². The lowest BCUT2D eigenvalue weighted by molar-refractivity contribution is 0.623. The minimum absolute atomic E-state index is 0.0138. The molecule has 4 heteroatoms. The fourth-order valence-corrected chi connectivity index (χ4v) is 2.51. The quantitative estimate of drug-likeness (QED) is 0.900. The summed E-state index contributed by atoms with van der Waals surface area (Å²) in [6.45, 7) is 0. The number of rotatable bonds is 5. The van der Waals surface area contributed by atoms with Gasteiger partial charge in [-0.2, -0.15) is 11.8 Å². The van der Waals surface area contributed by atoms with Crippen molar-refractivity contribution in [2.45, 2.75) is 12.5 Å². The SMILES string of the molecule is CSCC[C@H](N)c1ncc(-c2ccccc2)n1C.